The van der Waals surface area contributed by atoms with Crippen molar-refractivity contribution in [2.45, 2.75) is 51.1 Å². The van der Waals surface area contributed by atoms with Gasteiger partial charge in [-0.25, -0.2) is 0 Å². The summed E-state index contributed by atoms with van der Waals surface area (Å²) in [5.74, 6) is -2.34. The average Bonchev–Trinajstić information content (AvgIpc) is 3.37. The third-order valence-corrected chi connectivity index (χ3v) is 8.43. The Hall–Kier alpha value is -5.52. The van der Waals surface area contributed by atoms with Gasteiger partial charge in [-0.2, -0.15) is 13.2 Å². The molecule has 2 heterocycles. The quantitative estimate of drug-likeness (QED) is 0.246. The number of imide groups is 1. The number of amides is 5. The maximum atomic E-state index is 14.1. The first kappa shape index (κ1) is 31.5. The fourth-order valence-corrected chi connectivity index (χ4v) is 6.03. The maximum absolute atomic E-state index is 14.1. The fourth-order valence-electron chi connectivity index (χ4n) is 6.03. The highest BCUT2D eigenvalue weighted by atomic mass is 19.4. The van der Waals surface area contributed by atoms with E-state index in [1.54, 1.807) is 0 Å². The molecule has 240 valence electrons. The van der Waals surface area contributed by atoms with E-state index < -0.39 is 48.0 Å². The Kier molecular flexibility index (Phi) is 8.50. The Labute approximate surface area is 267 Å². The third kappa shape index (κ3) is 6.71. The van der Waals surface area contributed by atoms with Crippen LogP contribution in [0.2, 0.25) is 0 Å². The highest BCUT2D eigenvalue weighted by molar-refractivity contribution is 6.06. The normalized spacial score (nSPS) is 16.2. The van der Waals surface area contributed by atoms with Gasteiger partial charge in [0, 0.05) is 37.2 Å². The van der Waals surface area contributed by atoms with E-state index in [-0.39, 0.29) is 54.9 Å². The molecule has 1 fully saturated rings. The molecule has 5 amide bonds. The van der Waals surface area contributed by atoms with Crippen molar-refractivity contribution in [3.05, 3.63) is 118 Å². The standard InChI is InChI=1S/C35H29F3N4O5/c36-35(37,38)28-14-20(17-39-31(44)16-22-6-3-5-21-4-1-2-7-26(21)22)8-9-24(28)18-40-32(45)23-10-11-27-25(15-23)19-42(34(27)47)29-12-13-30(43)41-33(29)46/h1-11,14-15,29H,12-13,16-19H2,(H,39,44)(H,40,45)(H,41,43,46). The van der Waals surface area contributed by atoms with E-state index in [4.69, 9.17) is 0 Å². The van der Waals surface area contributed by atoms with Gasteiger partial charge in [-0.15, -0.1) is 0 Å². The zero-order valence-corrected chi connectivity index (χ0v) is 24.9. The molecule has 47 heavy (non-hydrogen) atoms. The summed E-state index contributed by atoms with van der Waals surface area (Å²) in [6, 6.07) is 20.5. The van der Waals surface area contributed by atoms with E-state index in [0.717, 1.165) is 22.4 Å². The lowest BCUT2D eigenvalue weighted by Gasteiger charge is -2.29. The fraction of sp³-hybridized carbons (Fsp3) is 0.229. The second-order valence-electron chi connectivity index (χ2n) is 11.5. The molecule has 4 aromatic carbocycles. The maximum Gasteiger partial charge on any atom is 0.416 e. The van der Waals surface area contributed by atoms with Crippen molar-refractivity contribution in [2.24, 2.45) is 0 Å². The minimum Gasteiger partial charge on any atom is -0.352 e. The summed E-state index contributed by atoms with van der Waals surface area (Å²) < 4.78 is 42.2. The number of carbonyl (C=O) groups is 5. The van der Waals surface area contributed by atoms with Gasteiger partial charge in [0.15, 0.2) is 0 Å². The van der Waals surface area contributed by atoms with E-state index in [0.29, 0.717) is 11.1 Å². The van der Waals surface area contributed by atoms with Crippen LogP contribution in [0.15, 0.2) is 78.9 Å². The minimum atomic E-state index is -4.71. The number of halogens is 3. The Bertz CT molecular complexity index is 1940. The molecule has 0 bridgehead atoms. The summed E-state index contributed by atoms with van der Waals surface area (Å²) >= 11 is 0. The van der Waals surface area contributed by atoms with Crippen molar-refractivity contribution < 1.29 is 37.1 Å². The molecule has 6 rings (SSSR count). The molecular weight excluding hydrogens is 613 g/mol. The zero-order valence-electron chi connectivity index (χ0n) is 24.9. The number of fused-ring (bicyclic) bond motifs is 2. The van der Waals surface area contributed by atoms with Gasteiger partial charge in [-0.1, -0.05) is 54.6 Å². The van der Waals surface area contributed by atoms with Gasteiger partial charge in [-0.3, -0.25) is 29.3 Å². The van der Waals surface area contributed by atoms with Crippen LogP contribution in [0, 0.1) is 0 Å². The van der Waals surface area contributed by atoms with Crippen LogP contribution in [0.25, 0.3) is 10.8 Å². The lowest BCUT2D eigenvalue weighted by molar-refractivity contribution is -0.138. The smallest absolute Gasteiger partial charge is 0.352 e. The molecule has 0 saturated carbocycles. The monoisotopic (exact) mass is 642 g/mol. The molecule has 0 spiro atoms. The van der Waals surface area contributed by atoms with Crippen LogP contribution in [0.3, 0.4) is 0 Å². The number of hydrogen-bond donors (Lipinski definition) is 3. The molecule has 1 unspecified atom stereocenters. The van der Waals surface area contributed by atoms with Crippen LogP contribution >= 0.6 is 0 Å². The summed E-state index contributed by atoms with van der Waals surface area (Å²) in [6.07, 6.45) is -4.35. The van der Waals surface area contributed by atoms with Crippen molar-refractivity contribution in [2.75, 3.05) is 0 Å². The van der Waals surface area contributed by atoms with Crippen molar-refractivity contribution in [3.8, 4) is 0 Å². The molecule has 1 atom stereocenters. The van der Waals surface area contributed by atoms with Gasteiger partial charge in [0.05, 0.1) is 12.0 Å². The van der Waals surface area contributed by atoms with Crippen molar-refractivity contribution in [1.29, 1.82) is 0 Å². The highest BCUT2D eigenvalue weighted by Gasteiger charge is 2.39. The Morgan fingerprint density at radius 3 is 2.45 bits per heavy atom. The molecule has 9 nitrogen and oxygen atoms in total. The van der Waals surface area contributed by atoms with Crippen LogP contribution < -0.4 is 16.0 Å². The number of alkyl halides is 3. The van der Waals surface area contributed by atoms with E-state index in [1.165, 1.54) is 35.2 Å². The molecule has 0 aliphatic carbocycles. The second-order valence-corrected chi connectivity index (χ2v) is 11.5. The van der Waals surface area contributed by atoms with Crippen LogP contribution in [0.5, 0.6) is 0 Å². The van der Waals surface area contributed by atoms with Gasteiger partial charge in [0.25, 0.3) is 11.8 Å². The zero-order chi connectivity index (χ0) is 33.3. The van der Waals surface area contributed by atoms with Gasteiger partial charge in [0.2, 0.25) is 17.7 Å². The summed E-state index contributed by atoms with van der Waals surface area (Å²) in [5.41, 5.74) is 0.920. The Balaban J connectivity index is 1.09. The predicted molar refractivity (Wildman–Crippen MR) is 165 cm³/mol. The number of piperidine rings is 1. The first-order valence-electron chi connectivity index (χ1n) is 15.0. The molecule has 2 aliphatic heterocycles. The Morgan fingerprint density at radius 2 is 1.66 bits per heavy atom. The summed E-state index contributed by atoms with van der Waals surface area (Å²) in [6.45, 7) is -0.470. The molecule has 3 N–H and O–H groups in total. The van der Waals surface area contributed by atoms with Gasteiger partial charge < -0.3 is 15.5 Å². The number of nitrogens with one attached hydrogen (secondary N) is 3. The first-order valence-corrected chi connectivity index (χ1v) is 15.0. The van der Waals surface area contributed by atoms with Crippen LogP contribution in [-0.2, 0) is 46.6 Å². The second kappa shape index (κ2) is 12.7. The van der Waals surface area contributed by atoms with Crippen LogP contribution in [0.1, 0.15) is 61.4 Å². The lowest BCUT2D eigenvalue weighted by Crippen LogP contribution is -2.52. The van der Waals surface area contributed by atoms with E-state index in [1.807, 2.05) is 42.5 Å². The molecule has 1 saturated heterocycles. The first-order chi connectivity index (χ1) is 22.5. The molecule has 2 aliphatic rings. The molecule has 4 aromatic rings. The van der Waals surface area contributed by atoms with Gasteiger partial charge in [-0.05, 0) is 63.7 Å². The van der Waals surface area contributed by atoms with Crippen molar-refractivity contribution in [1.82, 2.24) is 20.9 Å². The highest BCUT2D eigenvalue weighted by Crippen LogP contribution is 2.33. The van der Waals surface area contributed by atoms with Gasteiger partial charge in [0.1, 0.15) is 6.04 Å². The number of rotatable bonds is 8. The predicted octanol–water partition coefficient (Wildman–Crippen LogP) is 4.41. The molecule has 0 aromatic heterocycles. The number of benzene rings is 4. The number of hydrogen-bond acceptors (Lipinski definition) is 5. The largest absolute Gasteiger partial charge is 0.416 e. The van der Waals surface area contributed by atoms with E-state index >= 15 is 0 Å². The summed E-state index contributed by atoms with van der Waals surface area (Å²) in [5, 5.41) is 9.35. The molecular formula is C35H29F3N4O5. The third-order valence-electron chi connectivity index (χ3n) is 8.43. The number of carbonyl (C=O) groups excluding carboxylic acids is 5. The van der Waals surface area contributed by atoms with Gasteiger partial charge >= 0.3 is 6.18 Å². The molecule has 12 heteroatoms. The van der Waals surface area contributed by atoms with E-state index in [9.17, 15) is 37.1 Å². The van der Waals surface area contributed by atoms with Crippen LogP contribution in [-0.4, -0.2) is 40.5 Å². The molecule has 0 radical (unpaired) electrons. The van der Waals surface area contributed by atoms with Crippen LogP contribution in [0.4, 0.5) is 13.2 Å². The lowest BCUT2D eigenvalue weighted by atomic mass is 10.0. The summed E-state index contributed by atoms with van der Waals surface area (Å²) in [7, 11) is 0. The average molecular weight is 643 g/mol. The van der Waals surface area contributed by atoms with Crippen molar-refractivity contribution >= 4 is 40.3 Å². The number of nitrogens with zero attached hydrogens (tertiary/aromatic N) is 1. The topological polar surface area (TPSA) is 125 Å². The minimum absolute atomic E-state index is 0.0553. The SMILES string of the molecule is O=C(Cc1cccc2ccccc12)NCc1ccc(CNC(=O)c2ccc3c(c2)CN(C2CCC(=O)NC2=O)C3=O)c(C(F)(F)F)c1. The summed E-state index contributed by atoms with van der Waals surface area (Å²) in [4.78, 5) is 63.7. The Morgan fingerprint density at radius 1 is 0.872 bits per heavy atom. The van der Waals surface area contributed by atoms with Crippen molar-refractivity contribution in [3.63, 3.8) is 0 Å². The van der Waals surface area contributed by atoms with E-state index in [2.05, 4.69) is 16.0 Å².